The summed E-state index contributed by atoms with van der Waals surface area (Å²) < 4.78 is 0. The lowest BCUT2D eigenvalue weighted by atomic mass is 10.0. The topological polar surface area (TPSA) is 3.24 Å². The first kappa shape index (κ1) is 15.8. The Morgan fingerprint density at radius 2 is 1.30 bits per heavy atom. The average Bonchev–Trinajstić information content (AvgIpc) is 2.58. The van der Waals surface area contributed by atoms with Crippen LogP contribution in [-0.2, 0) is 13.1 Å². The monoisotopic (exact) mass is 321 g/mol. The molecule has 3 aromatic carbocycles. The highest BCUT2D eigenvalue weighted by Gasteiger charge is 2.05. The summed E-state index contributed by atoms with van der Waals surface area (Å²) in [5.41, 5.74) is 4.98. The van der Waals surface area contributed by atoms with E-state index in [-0.39, 0.29) is 0 Å². The zero-order chi connectivity index (χ0) is 16.1. The molecule has 0 aromatic heterocycles. The van der Waals surface area contributed by atoms with Crippen LogP contribution >= 0.6 is 11.6 Å². The van der Waals surface area contributed by atoms with Crippen molar-refractivity contribution in [3.05, 3.63) is 95.0 Å². The molecule has 116 valence electrons. The van der Waals surface area contributed by atoms with Crippen molar-refractivity contribution in [1.29, 1.82) is 0 Å². The summed E-state index contributed by atoms with van der Waals surface area (Å²) in [4.78, 5) is 2.28. The molecule has 2 heteroatoms. The second-order valence-corrected chi connectivity index (χ2v) is 6.23. The number of hydrogen-bond acceptors (Lipinski definition) is 1. The Bertz CT molecular complexity index is 750. The van der Waals surface area contributed by atoms with Gasteiger partial charge in [0.15, 0.2) is 0 Å². The predicted molar refractivity (Wildman–Crippen MR) is 98.5 cm³/mol. The first-order valence-electron chi connectivity index (χ1n) is 7.79. The summed E-state index contributed by atoms with van der Waals surface area (Å²) >= 11 is 6.23. The van der Waals surface area contributed by atoms with Gasteiger partial charge in [0.05, 0.1) is 0 Å². The lowest BCUT2D eigenvalue weighted by Gasteiger charge is -2.18. The van der Waals surface area contributed by atoms with Crippen molar-refractivity contribution in [2.24, 2.45) is 0 Å². The summed E-state index contributed by atoms with van der Waals surface area (Å²) in [5, 5.41) is 0.832. The molecule has 0 N–H and O–H groups in total. The van der Waals surface area contributed by atoms with Gasteiger partial charge in [-0.15, -0.1) is 0 Å². The van der Waals surface area contributed by atoms with Crippen LogP contribution in [0.25, 0.3) is 11.1 Å². The van der Waals surface area contributed by atoms with Gasteiger partial charge in [-0.2, -0.15) is 0 Å². The summed E-state index contributed by atoms with van der Waals surface area (Å²) in [7, 11) is 2.12. The number of benzene rings is 3. The number of hydrogen-bond donors (Lipinski definition) is 0. The molecule has 0 aliphatic rings. The molecule has 1 nitrogen and oxygen atoms in total. The molecule has 0 radical (unpaired) electrons. The molecule has 0 aliphatic heterocycles. The van der Waals surface area contributed by atoms with Crippen LogP contribution in [0, 0.1) is 0 Å². The van der Waals surface area contributed by atoms with Gasteiger partial charge < -0.3 is 0 Å². The van der Waals surface area contributed by atoms with Crippen molar-refractivity contribution in [3.8, 4) is 11.1 Å². The molecule has 0 saturated heterocycles. The van der Waals surface area contributed by atoms with Crippen LogP contribution in [0.15, 0.2) is 78.9 Å². The zero-order valence-corrected chi connectivity index (χ0v) is 14.0. The molecule has 0 unspecified atom stereocenters. The summed E-state index contributed by atoms with van der Waals surface area (Å²) in [6.45, 7) is 1.75. The molecular formula is C21H20ClN. The van der Waals surface area contributed by atoms with Gasteiger partial charge in [-0.25, -0.2) is 0 Å². The Kier molecular flexibility index (Phi) is 5.12. The van der Waals surface area contributed by atoms with Crippen molar-refractivity contribution in [2.45, 2.75) is 13.1 Å². The van der Waals surface area contributed by atoms with E-state index in [1.165, 1.54) is 16.7 Å². The molecule has 0 heterocycles. The third-order valence-electron chi connectivity index (χ3n) is 3.91. The number of halogens is 1. The van der Waals surface area contributed by atoms with Gasteiger partial charge >= 0.3 is 0 Å². The van der Waals surface area contributed by atoms with E-state index >= 15 is 0 Å². The van der Waals surface area contributed by atoms with Gasteiger partial charge in [0.1, 0.15) is 0 Å². The normalized spacial score (nSPS) is 10.9. The van der Waals surface area contributed by atoms with Crippen LogP contribution in [0.3, 0.4) is 0 Å². The maximum Gasteiger partial charge on any atom is 0.0451 e. The highest BCUT2D eigenvalue weighted by Crippen LogP contribution is 2.21. The fourth-order valence-corrected chi connectivity index (χ4v) is 2.91. The summed E-state index contributed by atoms with van der Waals surface area (Å²) in [6.07, 6.45) is 0. The van der Waals surface area contributed by atoms with E-state index in [9.17, 15) is 0 Å². The lowest BCUT2D eigenvalue weighted by molar-refractivity contribution is 0.319. The Balaban J connectivity index is 1.65. The highest BCUT2D eigenvalue weighted by atomic mass is 35.5. The first-order chi connectivity index (χ1) is 11.2. The van der Waals surface area contributed by atoms with Crippen LogP contribution in [0.5, 0.6) is 0 Å². The second-order valence-electron chi connectivity index (χ2n) is 5.83. The molecule has 0 bridgehead atoms. The van der Waals surface area contributed by atoms with Crippen LogP contribution in [0.4, 0.5) is 0 Å². The number of rotatable bonds is 5. The molecule has 23 heavy (non-hydrogen) atoms. The van der Waals surface area contributed by atoms with Crippen LogP contribution in [0.2, 0.25) is 5.02 Å². The van der Waals surface area contributed by atoms with E-state index in [0.29, 0.717) is 0 Å². The van der Waals surface area contributed by atoms with Gasteiger partial charge in [-0.3, -0.25) is 4.90 Å². The molecule has 3 rings (SSSR count). The molecule has 0 aliphatic carbocycles. The van der Waals surface area contributed by atoms with Crippen LogP contribution < -0.4 is 0 Å². The van der Waals surface area contributed by atoms with Crippen molar-refractivity contribution in [2.75, 3.05) is 7.05 Å². The van der Waals surface area contributed by atoms with Gasteiger partial charge in [0.25, 0.3) is 0 Å². The second kappa shape index (κ2) is 7.45. The number of nitrogens with zero attached hydrogens (tertiary/aromatic N) is 1. The Morgan fingerprint density at radius 1 is 0.696 bits per heavy atom. The molecule has 0 spiro atoms. The van der Waals surface area contributed by atoms with E-state index in [1.54, 1.807) is 0 Å². The lowest BCUT2D eigenvalue weighted by Crippen LogP contribution is -2.17. The van der Waals surface area contributed by atoms with E-state index in [0.717, 1.165) is 23.7 Å². The maximum atomic E-state index is 6.23. The summed E-state index contributed by atoms with van der Waals surface area (Å²) in [5.74, 6) is 0. The molecule has 0 amide bonds. The smallest absolute Gasteiger partial charge is 0.0451 e. The van der Waals surface area contributed by atoms with E-state index < -0.39 is 0 Å². The Morgan fingerprint density at radius 3 is 2.00 bits per heavy atom. The third kappa shape index (κ3) is 4.22. The van der Waals surface area contributed by atoms with Crippen molar-refractivity contribution < 1.29 is 0 Å². The van der Waals surface area contributed by atoms with Crippen molar-refractivity contribution in [3.63, 3.8) is 0 Å². The molecule has 0 fully saturated rings. The highest BCUT2D eigenvalue weighted by molar-refractivity contribution is 6.31. The van der Waals surface area contributed by atoms with E-state index in [1.807, 2.05) is 24.3 Å². The standard InChI is InChI=1S/C21H20ClN/c1-23(16-20-9-5-6-10-21(20)22)15-17-11-13-19(14-12-17)18-7-3-2-4-8-18/h2-14H,15-16H2,1H3. The van der Waals surface area contributed by atoms with Crippen molar-refractivity contribution >= 4 is 11.6 Å². The Labute approximate surface area is 143 Å². The fraction of sp³-hybridized carbons (Fsp3) is 0.143. The third-order valence-corrected chi connectivity index (χ3v) is 4.28. The molecular weight excluding hydrogens is 302 g/mol. The van der Waals surface area contributed by atoms with Gasteiger partial charge in [0, 0.05) is 18.1 Å². The average molecular weight is 322 g/mol. The predicted octanol–water partition coefficient (Wildman–Crippen LogP) is 5.64. The minimum absolute atomic E-state index is 0.832. The van der Waals surface area contributed by atoms with Crippen molar-refractivity contribution in [1.82, 2.24) is 4.90 Å². The quantitative estimate of drug-likeness (QED) is 0.588. The van der Waals surface area contributed by atoms with Gasteiger partial charge in [-0.05, 0) is 35.4 Å². The molecule has 0 atom stereocenters. The minimum atomic E-state index is 0.832. The first-order valence-corrected chi connectivity index (χ1v) is 8.16. The maximum absolute atomic E-state index is 6.23. The fourth-order valence-electron chi connectivity index (χ4n) is 2.72. The van der Waals surface area contributed by atoms with Crippen LogP contribution in [0.1, 0.15) is 11.1 Å². The molecule has 3 aromatic rings. The van der Waals surface area contributed by atoms with Gasteiger partial charge in [0.2, 0.25) is 0 Å². The van der Waals surface area contributed by atoms with E-state index in [4.69, 9.17) is 11.6 Å². The Hall–Kier alpha value is -2.09. The minimum Gasteiger partial charge on any atom is -0.298 e. The molecule has 0 saturated carbocycles. The van der Waals surface area contributed by atoms with Gasteiger partial charge in [-0.1, -0.05) is 84.4 Å². The van der Waals surface area contributed by atoms with E-state index in [2.05, 4.69) is 66.5 Å². The summed E-state index contributed by atoms with van der Waals surface area (Å²) in [6, 6.07) is 27.3. The van der Waals surface area contributed by atoms with Crippen LogP contribution in [-0.4, -0.2) is 11.9 Å². The SMILES string of the molecule is CN(Cc1ccc(-c2ccccc2)cc1)Cc1ccccc1Cl. The zero-order valence-electron chi connectivity index (χ0n) is 13.2. The largest absolute Gasteiger partial charge is 0.298 e.